The first-order valence-corrected chi connectivity index (χ1v) is 7.11. The lowest BCUT2D eigenvalue weighted by Crippen LogP contribution is -2.31. The molecule has 5 nitrogen and oxygen atoms in total. The number of hydrogen-bond acceptors (Lipinski definition) is 4. The van der Waals surface area contributed by atoms with Gasteiger partial charge < -0.3 is 15.2 Å². The van der Waals surface area contributed by atoms with Crippen molar-refractivity contribution in [3.05, 3.63) is 47.3 Å². The monoisotopic (exact) mass is 289 g/mol. The Morgan fingerprint density at radius 2 is 2.00 bits per heavy atom. The minimum Gasteiger partial charge on any atom is -0.491 e. The summed E-state index contributed by atoms with van der Waals surface area (Å²) in [6, 6.07) is 7.99. The molecule has 1 aromatic carbocycles. The number of rotatable bonds is 7. The van der Waals surface area contributed by atoms with Crippen LogP contribution in [0.4, 0.5) is 0 Å². The number of aryl methyl sites for hydroxylation is 3. The molecule has 0 saturated carbocycles. The smallest absolute Gasteiger partial charge is 0.119 e. The van der Waals surface area contributed by atoms with Gasteiger partial charge in [-0.1, -0.05) is 6.07 Å². The lowest BCUT2D eigenvalue weighted by atomic mass is 10.1. The van der Waals surface area contributed by atoms with E-state index in [1.165, 1.54) is 0 Å². The van der Waals surface area contributed by atoms with E-state index in [4.69, 9.17) is 4.74 Å². The zero-order valence-corrected chi connectivity index (χ0v) is 12.8. The molecule has 1 aromatic heterocycles. The van der Waals surface area contributed by atoms with E-state index in [-0.39, 0.29) is 6.61 Å². The summed E-state index contributed by atoms with van der Waals surface area (Å²) in [7, 11) is 1.88. The van der Waals surface area contributed by atoms with Gasteiger partial charge in [-0.05, 0) is 43.2 Å². The normalized spacial score (nSPS) is 12.4. The summed E-state index contributed by atoms with van der Waals surface area (Å²) in [6.45, 7) is 5.45. The number of aromatic nitrogens is 2. The van der Waals surface area contributed by atoms with Gasteiger partial charge in [-0.25, -0.2) is 0 Å². The Morgan fingerprint density at radius 1 is 1.29 bits per heavy atom. The molecule has 1 heterocycles. The van der Waals surface area contributed by atoms with Gasteiger partial charge in [0.2, 0.25) is 0 Å². The molecular formula is C16H23N3O2. The Bertz CT molecular complexity index is 560. The number of nitrogens with one attached hydrogen (secondary N) is 1. The van der Waals surface area contributed by atoms with Crippen molar-refractivity contribution in [2.75, 3.05) is 13.2 Å². The fraction of sp³-hybridized carbons (Fsp3) is 0.438. The van der Waals surface area contributed by atoms with Crippen molar-refractivity contribution in [3.63, 3.8) is 0 Å². The fourth-order valence-corrected chi connectivity index (χ4v) is 2.19. The molecule has 21 heavy (non-hydrogen) atoms. The highest BCUT2D eigenvalue weighted by Crippen LogP contribution is 2.16. The van der Waals surface area contributed by atoms with Crippen LogP contribution in [0.1, 0.15) is 16.8 Å². The molecule has 0 radical (unpaired) electrons. The molecule has 1 atom stereocenters. The Morgan fingerprint density at radius 3 is 2.62 bits per heavy atom. The van der Waals surface area contributed by atoms with Gasteiger partial charge in [-0.15, -0.1) is 0 Å². The van der Waals surface area contributed by atoms with E-state index in [2.05, 4.69) is 16.5 Å². The maximum atomic E-state index is 9.92. The second kappa shape index (κ2) is 7.24. The van der Waals surface area contributed by atoms with Gasteiger partial charge in [-0.2, -0.15) is 5.10 Å². The van der Waals surface area contributed by atoms with Gasteiger partial charge in [0, 0.05) is 26.3 Å². The van der Waals surface area contributed by atoms with Crippen LogP contribution in [0.3, 0.4) is 0 Å². The number of ether oxygens (including phenoxy) is 1. The summed E-state index contributed by atoms with van der Waals surface area (Å²) in [5.41, 5.74) is 3.28. The Labute approximate surface area is 125 Å². The zero-order valence-electron chi connectivity index (χ0n) is 12.8. The van der Waals surface area contributed by atoms with Crippen LogP contribution < -0.4 is 10.1 Å². The number of aliphatic hydroxyl groups is 1. The molecule has 0 saturated heterocycles. The van der Waals surface area contributed by atoms with Gasteiger partial charge in [-0.3, -0.25) is 4.68 Å². The molecule has 0 bridgehead atoms. The van der Waals surface area contributed by atoms with Crippen LogP contribution in [0.5, 0.6) is 5.75 Å². The van der Waals surface area contributed by atoms with Crippen molar-refractivity contribution >= 4 is 0 Å². The van der Waals surface area contributed by atoms with Crippen LogP contribution in [0.25, 0.3) is 0 Å². The fourth-order valence-electron chi connectivity index (χ4n) is 2.19. The highest BCUT2D eigenvalue weighted by molar-refractivity contribution is 5.32. The highest BCUT2D eigenvalue weighted by Gasteiger charge is 2.06. The van der Waals surface area contributed by atoms with Crippen molar-refractivity contribution in [1.82, 2.24) is 15.1 Å². The van der Waals surface area contributed by atoms with E-state index in [1.54, 1.807) is 4.68 Å². The largest absolute Gasteiger partial charge is 0.491 e. The van der Waals surface area contributed by atoms with Crippen molar-refractivity contribution < 1.29 is 9.84 Å². The molecule has 114 valence electrons. The minimum atomic E-state index is -0.547. The van der Waals surface area contributed by atoms with E-state index >= 15 is 0 Å². The third-order valence-electron chi connectivity index (χ3n) is 3.09. The molecule has 0 amide bonds. The van der Waals surface area contributed by atoms with Crippen molar-refractivity contribution in [2.45, 2.75) is 26.5 Å². The Hall–Kier alpha value is -1.85. The van der Waals surface area contributed by atoms with Gasteiger partial charge in [0.25, 0.3) is 0 Å². The maximum absolute atomic E-state index is 9.92. The molecule has 0 aliphatic heterocycles. The molecule has 0 aliphatic carbocycles. The van der Waals surface area contributed by atoms with Gasteiger partial charge in [0.1, 0.15) is 18.5 Å². The summed E-state index contributed by atoms with van der Waals surface area (Å²) in [5, 5.41) is 17.3. The van der Waals surface area contributed by atoms with Crippen LogP contribution in [0, 0.1) is 13.8 Å². The standard InChI is InChI=1S/C16H23N3O2/c1-12-6-13(2)8-16(7-12)21-11-15(20)10-17-9-14-4-5-19(3)18-14/h4-8,15,17,20H,9-11H2,1-3H3. The molecule has 2 rings (SSSR count). The van der Waals surface area contributed by atoms with Crippen LogP contribution >= 0.6 is 0 Å². The SMILES string of the molecule is Cc1cc(C)cc(OCC(O)CNCc2ccn(C)n2)c1. The molecule has 0 fully saturated rings. The van der Waals surface area contributed by atoms with Crippen molar-refractivity contribution in [3.8, 4) is 5.75 Å². The third kappa shape index (κ3) is 5.21. The third-order valence-corrected chi connectivity index (χ3v) is 3.09. The number of aliphatic hydroxyl groups excluding tert-OH is 1. The number of hydrogen-bond donors (Lipinski definition) is 2. The van der Waals surface area contributed by atoms with Crippen LogP contribution in [0.2, 0.25) is 0 Å². The van der Waals surface area contributed by atoms with Crippen molar-refractivity contribution in [2.24, 2.45) is 7.05 Å². The summed E-state index contributed by atoms with van der Waals surface area (Å²) >= 11 is 0. The highest BCUT2D eigenvalue weighted by atomic mass is 16.5. The second-order valence-corrected chi connectivity index (χ2v) is 5.40. The van der Waals surface area contributed by atoms with Gasteiger partial charge in [0.05, 0.1) is 5.69 Å². The summed E-state index contributed by atoms with van der Waals surface area (Å²) in [5.74, 6) is 0.802. The van der Waals surface area contributed by atoms with Gasteiger partial charge in [0.15, 0.2) is 0 Å². The summed E-state index contributed by atoms with van der Waals surface area (Å²) in [6.07, 6.45) is 1.35. The summed E-state index contributed by atoms with van der Waals surface area (Å²) < 4.78 is 7.39. The first kappa shape index (κ1) is 15.5. The van der Waals surface area contributed by atoms with Crippen LogP contribution in [-0.2, 0) is 13.6 Å². The van der Waals surface area contributed by atoms with E-state index < -0.39 is 6.10 Å². The predicted octanol–water partition coefficient (Wildman–Crippen LogP) is 1.57. The molecule has 1 unspecified atom stereocenters. The van der Waals surface area contributed by atoms with Crippen LogP contribution in [0.15, 0.2) is 30.5 Å². The lowest BCUT2D eigenvalue weighted by Gasteiger charge is -2.13. The van der Waals surface area contributed by atoms with Crippen LogP contribution in [-0.4, -0.2) is 34.1 Å². The number of nitrogens with zero attached hydrogens (tertiary/aromatic N) is 2. The Kier molecular flexibility index (Phi) is 5.36. The van der Waals surface area contributed by atoms with Crippen molar-refractivity contribution in [1.29, 1.82) is 0 Å². The average Bonchev–Trinajstić information content (AvgIpc) is 2.81. The molecular weight excluding hydrogens is 266 g/mol. The quantitative estimate of drug-likeness (QED) is 0.812. The number of benzene rings is 1. The van der Waals surface area contributed by atoms with E-state index in [9.17, 15) is 5.11 Å². The first-order valence-electron chi connectivity index (χ1n) is 7.11. The average molecular weight is 289 g/mol. The Balaban J connectivity index is 1.70. The predicted molar refractivity (Wildman–Crippen MR) is 82.3 cm³/mol. The minimum absolute atomic E-state index is 0.276. The zero-order chi connectivity index (χ0) is 15.2. The molecule has 2 N–H and O–H groups in total. The molecule has 2 aromatic rings. The molecule has 5 heteroatoms. The van der Waals surface area contributed by atoms with E-state index in [0.717, 1.165) is 22.6 Å². The maximum Gasteiger partial charge on any atom is 0.119 e. The van der Waals surface area contributed by atoms with Gasteiger partial charge >= 0.3 is 0 Å². The molecule has 0 spiro atoms. The first-order chi connectivity index (χ1) is 10.0. The topological polar surface area (TPSA) is 59.3 Å². The van der Waals surface area contributed by atoms with E-state index in [1.807, 2.05) is 45.3 Å². The second-order valence-electron chi connectivity index (χ2n) is 5.40. The van der Waals surface area contributed by atoms with E-state index in [0.29, 0.717) is 13.1 Å². The lowest BCUT2D eigenvalue weighted by molar-refractivity contribution is 0.106. The molecule has 0 aliphatic rings. The summed E-state index contributed by atoms with van der Waals surface area (Å²) in [4.78, 5) is 0.